The number of ether oxygens (including phenoxy) is 1. The second-order valence-electron chi connectivity index (χ2n) is 6.80. The molecule has 0 unspecified atom stereocenters. The molecule has 0 saturated heterocycles. The maximum atomic E-state index is 13.3. The summed E-state index contributed by atoms with van der Waals surface area (Å²) in [6, 6.07) is 17.4. The normalized spacial score (nSPS) is 10.7. The minimum atomic E-state index is -0.478. The largest absolute Gasteiger partial charge is 0.487 e. The molecule has 2 aromatic carbocycles. The Bertz CT molecular complexity index is 1300. The molecule has 30 heavy (non-hydrogen) atoms. The number of aromatic nitrogens is 2. The van der Waals surface area contributed by atoms with E-state index in [2.05, 4.69) is 10.3 Å². The average molecular weight is 403 g/mol. The molecule has 0 bridgehead atoms. The molecular weight excluding hydrogens is 385 g/mol. The van der Waals surface area contributed by atoms with E-state index in [-0.39, 0.29) is 17.7 Å². The van der Waals surface area contributed by atoms with E-state index in [4.69, 9.17) is 4.74 Å². The van der Waals surface area contributed by atoms with Crippen molar-refractivity contribution >= 4 is 17.2 Å². The molecule has 2 heterocycles. The van der Waals surface area contributed by atoms with Crippen LogP contribution in [-0.2, 0) is 6.61 Å². The Morgan fingerprint density at radius 2 is 1.93 bits per heavy atom. The number of carbonyl (C=O) groups is 1. The lowest BCUT2D eigenvalue weighted by atomic mass is 10.2. The van der Waals surface area contributed by atoms with E-state index in [0.717, 1.165) is 5.56 Å². The number of hydrogen-bond acceptors (Lipinski definition) is 4. The van der Waals surface area contributed by atoms with Crippen LogP contribution in [0.2, 0.25) is 0 Å². The highest BCUT2D eigenvalue weighted by Gasteiger charge is 2.08. The Kier molecular flexibility index (Phi) is 5.26. The molecule has 0 fully saturated rings. The third kappa shape index (κ3) is 4.35. The number of fused-ring (bicyclic) bond motifs is 1. The predicted molar refractivity (Wildman–Crippen MR) is 111 cm³/mol. The van der Waals surface area contributed by atoms with Crippen LogP contribution in [0.1, 0.15) is 21.6 Å². The van der Waals surface area contributed by atoms with Crippen molar-refractivity contribution in [1.82, 2.24) is 9.38 Å². The van der Waals surface area contributed by atoms with Gasteiger partial charge in [-0.05, 0) is 48.9 Å². The van der Waals surface area contributed by atoms with Gasteiger partial charge in [0.25, 0.3) is 11.5 Å². The van der Waals surface area contributed by atoms with Crippen LogP contribution in [-0.4, -0.2) is 15.3 Å². The fraction of sp³-hybridized carbons (Fsp3) is 0.0870. The molecule has 4 aromatic rings. The molecule has 1 amide bonds. The number of carbonyl (C=O) groups excluding carboxylic acids is 1. The molecule has 2 aromatic heterocycles. The van der Waals surface area contributed by atoms with E-state index >= 15 is 0 Å². The first-order chi connectivity index (χ1) is 14.5. The van der Waals surface area contributed by atoms with Crippen molar-refractivity contribution in [1.29, 1.82) is 0 Å². The summed E-state index contributed by atoms with van der Waals surface area (Å²) in [6.45, 7) is 2.00. The summed E-state index contributed by atoms with van der Waals surface area (Å²) in [6.07, 6.45) is 1.74. The molecule has 150 valence electrons. The topological polar surface area (TPSA) is 72.7 Å². The number of amides is 1. The van der Waals surface area contributed by atoms with E-state index in [1.807, 2.05) is 13.0 Å². The van der Waals surface area contributed by atoms with Crippen LogP contribution >= 0.6 is 0 Å². The van der Waals surface area contributed by atoms with Gasteiger partial charge in [0.05, 0.1) is 5.69 Å². The second-order valence-corrected chi connectivity index (χ2v) is 6.80. The van der Waals surface area contributed by atoms with Crippen LogP contribution in [0.3, 0.4) is 0 Å². The van der Waals surface area contributed by atoms with Crippen molar-refractivity contribution in [3.8, 4) is 5.75 Å². The zero-order valence-electron chi connectivity index (χ0n) is 16.1. The number of anilines is 1. The van der Waals surface area contributed by atoms with Gasteiger partial charge >= 0.3 is 0 Å². The third-order valence-corrected chi connectivity index (χ3v) is 4.43. The maximum absolute atomic E-state index is 13.3. The van der Waals surface area contributed by atoms with Gasteiger partial charge in [-0.1, -0.05) is 18.2 Å². The highest BCUT2D eigenvalue weighted by Crippen LogP contribution is 2.19. The van der Waals surface area contributed by atoms with Gasteiger partial charge in [-0.25, -0.2) is 9.37 Å². The predicted octanol–water partition coefficient (Wildman–Crippen LogP) is 3.97. The first kappa shape index (κ1) is 19.3. The van der Waals surface area contributed by atoms with Gasteiger partial charge < -0.3 is 10.1 Å². The number of aryl methyl sites for hydroxylation is 1. The van der Waals surface area contributed by atoms with Gasteiger partial charge in [-0.3, -0.25) is 14.0 Å². The molecule has 4 rings (SSSR count). The number of benzene rings is 2. The number of rotatable bonds is 5. The summed E-state index contributed by atoms with van der Waals surface area (Å²) in [4.78, 5) is 29.0. The van der Waals surface area contributed by atoms with Gasteiger partial charge in [0.15, 0.2) is 0 Å². The van der Waals surface area contributed by atoms with Crippen molar-refractivity contribution < 1.29 is 13.9 Å². The summed E-state index contributed by atoms with van der Waals surface area (Å²) in [5, 5.41) is 2.71. The van der Waals surface area contributed by atoms with Crippen LogP contribution in [0.15, 0.2) is 77.7 Å². The van der Waals surface area contributed by atoms with Crippen molar-refractivity contribution in [2.24, 2.45) is 0 Å². The fourth-order valence-electron chi connectivity index (χ4n) is 2.99. The number of nitrogens with zero attached hydrogens (tertiary/aromatic N) is 2. The lowest BCUT2D eigenvalue weighted by Crippen LogP contribution is -2.16. The summed E-state index contributed by atoms with van der Waals surface area (Å²) in [5.41, 5.74) is 2.55. The Labute approximate surface area is 171 Å². The van der Waals surface area contributed by atoms with Crippen LogP contribution in [0.4, 0.5) is 10.1 Å². The van der Waals surface area contributed by atoms with Crippen LogP contribution < -0.4 is 15.6 Å². The molecular formula is C23H18FN3O3. The standard InChI is InChI=1S/C23H18FN3O3/c1-15-8-9-21-25-19(12-22(28)27(21)13-15)14-30-20-7-3-6-18(11-20)26-23(29)16-4-2-5-17(24)10-16/h2-13H,14H2,1H3,(H,26,29). The summed E-state index contributed by atoms with van der Waals surface area (Å²) in [7, 11) is 0. The van der Waals surface area contributed by atoms with E-state index in [1.165, 1.54) is 34.7 Å². The smallest absolute Gasteiger partial charge is 0.258 e. The minimum Gasteiger partial charge on any atom is -0.487 e. The lowest BCUT2D eigenvalue weighted by molar-refractivity contribution is 0.102. The van der Waals surface area contributed by atoms with Crippen molar-refractivity contribution in [2.75, 3.05) is 5.32 Å². The fourth-order valence-corrected chi connectivity index (χ4v) is 2.99. The molecule has 7 heteroatoms. The van der Waals surface area contributed by atoms with Gasteiger partial charge in [0.1, 0.15) is 23.8 Å². The molecule has 0 aliphatic heterocycles. The summed E-state index contributed by atoms with van der Waals surface area (Å²) < 4.78 is 20.5. The maximum Gasteiger partial charge on any atom is 0.258 e. The number of pyridine rings is 1. The molecule has 6 nitrogen and oxygen atoms in total. The number of hydrogen-bond donors (Lipinski definition) is 1. The highest BCUT2D eigenvalue weighted by atomic mass is 19.1. The lowest BCUT2D eigenvalue weighted by Gasteiger charge is -2.10. The van der Waals surface area contributed by atoms with Crippen LogP contribution in [0.5, 0.6) is 5.75 Å². The first-order valence-corrected chi connectivity index (χ1v) is 9.27. The van der Waals surface area contributed by atoms with Gasteiger partial charge in [0.2, 0.25) is 0 Å². The van der Waals surface area contributed by atoms with Gasteiger partial charge in [-0.15, -0.1) is 0 Å². The molecule has 1 N–H and O–H groups in total. The quantitative estimate of drug-likeness (QED) is 0.547. The van der Waals surface area contributed by atoms with E-state index < -0.39 is 11.7 Å². The summed E-state index contributed by atoms with van der Waals surface area (Å²) in [5.74, 6) is -0.405. The third-order valence-electron chi connectivity index (χ3n) is 4.43. The zero-order chi connectivity index (χ0) is 21.1. The summed E-state index contributed by atoms with van der Waals surface area (Å²) >= 11 is 0. The molecule has 0 aliphatic carbocycles. The molecule has 0 radical (unpaired) electrons. The van der Waals surface area contributed by atoms with E-state index in [9.17, 15) is 14.0 Å². The zero-order valence-corrected chi connectivity index (χ0v) is 16.1. The Hall–Kier alpha value is -4.00. The molecule has 0 spiro atoms. The Morgan fingerprint density at radius 1 is 1.10 bits per heavy atom. The molecule has 0 atom stereocenters. The molecule has 0 aliphatic rings. The SMILES string of the molecule is Cc1ccc2nc(COc3cccc(NC(=O)c4cccc(F)c4)c3)cc(=O)n2c1. The van der Waals surface area contributed by atoms with E-state index in [1.54, 1.807) is 36.5 Å². The monoisotopic (exact) mass is 403 g/mol. The van der Waals surface area contributed by atoms with E-state index in [0.29, 0.717) is 22.8 Å². The Balaban J connectivity index is 1.47. The van der Waals surface area contributed by atoms with Crippen molar-refractivity contribution in [3.63, 3.8) is 0 Å². The highest BCUT2D eigenvalue weighted by molar-refractivity contribution is 6.04. The minimum absolute atomic E-state index is 0.0981. The van der Waals surface area contributed by atoms with Crippen molar-refractivity contribution in [3.05, 3.63) is 106 Å². The average Bonchev–Trinajstić information content (AvgIpc) is 2.73. The van der Waals surface area contributed by atoms with Crippen LogP contribution in [0, 0.1) is 12.7 Å². The van der Waals surface area contributed by atoms with Crippen LogP contribution in [0.25, 0.3) is 5.65 Å². The Morgan fingerprint density at radius 3 is 2.77 bits per heavy atom. The number of halogens is 1. The molecule has 0 saturated carbocycles. The second kappa shape index (κ2) is 8.16. The van der Waals surface area contributed by atoms with Gasteiger partial charge in [0, 0.05) is 29.6 Å². The first-order valence-electron chi connectivity index (χ1n) is 9.27. The number of nitrogens with one attached hydrogen (secondary N) is 1. The van der Waals surface area contributed by atoms with Gasteiger partial charge in [-0.2, -0.15) is 0 Å². The van der Waals surface area contributed by atoms with Crippen molar-refractivity contribution in [2.45, 2.75) is 13.5 Å².